The highest BCUT2D eigenvalue weighted by Gasteiger charge is 2.25. The molecule has 5 rings (SSSR count). The van der Waals surface area contributed by atoms with E-state index < -0.39 is 11.5 Å². The van der Waals surface area contributed by atoms with Gasteiger partial charge in [0.05, 0.1) is 6.67 Å². The van der Waals surface area contributed by atoms with Crippen LogP contribution < -0.4 is 10.3 Å². The maximum atomic E-state index is 14.9. The predicted molar refractivity (Wildman–Crippen MR) is 143 cm³/mol. The molecule has 1 atom stereocenters. The number of benzene rings is 2. The topological polar surface area (TPSA) is 65.6 Å². The molecule has 1 aliphatic heterocycles. The third-order valence-corrected chi connectivity index (χ3v) is 7.01. The van der Waals surface area contributed by atoms with Crippen LogP contribution in [-0.4, -0.2) is 47.4 Å². The third kappa shape index (κ3) is 5.93. The summed E-state index contributed by atoms with van der Waals surface area (Å²) in [4.78, 5) is 16.2. The highest BCUT2D eigenvalue weighted by atomic mass is 19.1. The van der Waals surface area contributed by atoms with E-state index >= 15 is 0 Å². The first kappa shape index (κ1) is 26.6. The number of aromatic nitrogens is 1. The number of nitrogens with zero attached hydrogens (tertiary/aromatic N) is 1. The van der Waals surface area contributed by atoms with Crippen molar-refractivity contribution in [3.63, 3.8) is 0 Å². The molecule has 0 unspecified atom stereocenters. The van der Waals surface area contributed by atoms with Crippen molar-refractivity contribution >= 4 is 11.1 Å². The fourth-order valence-corrected chi connectivity index (χ4v) is 5.33. The number of aromatic amines is 1. The highest BCUT2D eigenvalue weighted by molar-refractivity contribution is 6.00. The van der Waals surface area contributed by atoms with Crippen molar-refractivity contribution in [3.05, 3.63) is 93.2 Å². The Labute approximate surface area is 216 Å². The van der Waals surface area contributed by atoms with E-state index in [4.69, 9.17) is 4.74 Å². The van der Waals surface area contributed by atoms with Crippen molar-refractivity contribution in [3.8, 4) is 11.5 Å². The first-order chi connectivity index (χ1) is 17.5. The molecule has 37 heavy (non-hydrogen) atoms. The van der Waals surface area contributed by atoms with E-state index in [1.54, 1.807) is 18.2 Å². The van der Waals surface area contributed by atoms with Gasteiger partial charge in [0.2, 0.25) is 11.5 Å². The number of nitrogens with one attached hydrogen (secondary N) is 1. The quantitative estimate of drug-likeness (QED) is 0.386. The molecule has 2 heterocycles. The van der Waals surface area contributed by atoms with Gasteiger partial charge in [0.15, 0.2) is 0 Å². The molecule has 1 aliphatic carbocycles. The fourth-order valence-electron chi connectivity index (χ4n) is 5.33. The number of aromatic hydroxyl groups is 1. The fraction of sp³-hybridized carbons (Fsp3) is 0.367. The Morgan fingerprint density at radius 3 is 2.59 bits per heavy atom. The van der Waals surface area contributed by atoms with Crippen molar-refractivity contribution in [1.82, 2.24) is 9.88 Å². The van der Waals surface area contributed by atoms with E-state index in [1.807, 2.05) is 30.3 Å². The Balaban J connectivity index is 0.00000320. The molecule has 0 saturated carbocycles. The minimum absolute atomic E-state index is 0. The first-order valence-electron chi connectivity index (χ1n) is 12.5. The molecule has 2 N–H and O–H groups in total. The first-order valence-corrected chi connectivity index (χ1v) is 12.5. The Hall–Kier alpha value is -3.45. The second-order valence-electron chi connectivity index (χ2n) is 9.49. The molecule has 3 aromatic rings. The molecular formula is C30H34F2N2O3. The Bertz CT molecular complexity index is 1320. The van der Waals surface area contributed by atoms with Gasteiger partial charge in [0.25, 0.3) is 0 Å². The summed E-state index contributed by atoms with van der Waals surface area (Å²) < 4.78 is 33.6. The number of halogens is 2. The number of aryl methyl sites for hydroxylation is 1. The summed E-state index contributed by atoms with van der Waals surface area (Å²) in [6, 6.07) is 16.0. The second-order valence-corrected chi connectivity index (χ2v) is 9.49. The number of hydrogen-bond donors (Lipinski definition) is 2. The van der Waals surface area contributed by atoms with Gasteiger partial charge in [-0.15, -0.1) is 0 Å². The van der Waals surface area contributed by atoms with Crippen LogP contribution in [0.5, 0.6) is 11.5 Å². The molecule has 0 bridgehead atoms. The molecular weight excluding hydrogens is 474 g/mol. The summed E-state index contributed by atoms with van der Waals surface area (Å²) in [5.41, 5.74) is 4.47. The lowest BCUT2D eigenvalue weighted by molar-refractivity contribution is 0.198. The molecule has 196 valence electrons. The Kier molecular flexibility index (Phi) is 8.44. The third-order valence-electron chi connectivity index (χ3n) is 7.01. The number of rotatable bonds is 7. The number of allylic oxidation sites excluding steroid dienone is 1. The Morgan fingerprint density at radius 1 is 1.05 bits per heavy atom. The van der Waals surface area contributed by atoms with Crippen LogP contribution in [0.15, 0.2) is 59.4 Å². The molecule has 2 aromatic carbocycles. The van der Waals surface area contributed by atoms with Gasteiger partial charge in [-0.25, -0.2) is 0 Å². The lowest BCUT2D eigenvalue weighted by atomic mass is 9.88. The van der Waals surface area contributed by atoms with Gasteiger partial charge < -0.3 is 9.84 Å². The summed E-state index contributed by atoms with van der Waals surface area (Å²) in [6.07, 6.45) is 3.70. The van der Waals surface area contributed by atoms with Gasteiger partial charge in [0, 0.05) is 31.3 Å². The van der Waals surface area contributed by atoms with E-state index in [9.17, 15) is 18.7 Å². The van der Waals surface area contributed by atoms with E-state index in [2.05, 4.69) is 9.88 Å². The van der Waals surface area contributed by atoms with Crippen LogP contribution in [-0.2, 0) is 6.42 Å². The van der Waals surface area contributed by atoms with Gasteiger partial charge in [-0.2, -0.15) is 4.39 Å². The molecule has 0 radical (unpaired) electrons. The zero-order chi connectivity index (χ0) is 25.1. The van der Waals surface area contributed by atoms with Crippen LogP contribution in [0.3, 0.4) is 0 Å². The van der Waals surface area contributed by atoms with Crippen molar-refractivity contribution in [2.75, 3.05) is 26.3 Å². The molecule has 1 aromatic heterocycles. The van der Waals surface area contributed by atoms with Crippen molar-refractivity contribution in [2.24, 2.45) is 0 Å². The monoisotopic (exact) mass is 508 g/mol. The van der Waals surface area contributed by atoms with Gasteiger partial charge in [0.1, 0.15) is 17.6 Å². The maximum absolute atomic E-state index is 14.9. The largest absolute Gasteiger partial charge is 0.508 e. The van der Waals surface area contributed by atoms with Gasteiger partial charge >= 0.3 is 0 Å². The van der Waals surface area contributed by atoms with E-state index in [0.717, 1.165) is 72.5 Å². The standard InChI is InChI=1S/C29H30F2N2O3.CH4/c30-14-2-15-33-16-13-23(18-33)36-22-8-5-19(6-9-22)28-24-10-7-21(34)17-20(24)3-1-4-25(28)26-11-12-27(35)32-29(26)31;/h5-12,17,23,34H,1-4,13-16,18H2,(H,32,35);1H4/t23-;/m0./s1. The molecule has 7 heteroatoms. The number of phenols is 1. The van der Waals surface area contributed by atoms with E-state index in [1.165, 1.54) is 6.07 Å². The Morgan fingerprint density at radius 2 is 1.84 bits per heavy atom. The van der Waals surface area contributed by atoms with Crippen LogP contribution >= 0.6 is 0 Å². The maximum Gasteiger partial charge on any atom is 0.250 e. The summed E-state index contributed by atoms with van der Waals surface area (Å²) in [7, 11) is 0. The minimum Gasteiger partial charge on any atom is -0.508 e. The molecule has 1 saturated heterocycles. The average Bonchev–Trinajstić information content (AvgIpc) is 3.22. The molecule has 0 spiro atoms. The number of H-pyrrole nitrogens is 1. The molecule has 1 fully saturated rings. The smallest absolute Gasteiger partial charge is 0.250 e. The summed E-state index contributed by atoms with van der Waals surface area (Å²) >= 11 is 0. The molecule has 2 aliphatic rings. The lowest BCUT2D eigenvalue weighted by Gasteiger charge is -2.18. The highest BCUT2D eigenvalue weighted by Crippen LogP contribution is 2.41. The number of fused-ring (bicyclic) bond motifs is 1. The number of likely N-dealkylation sites (tertiary alicyclic amines) is 1. The van der Waals surface area contributed by atoms with E-state index in [0.29, 0.717) is 18.4 Å². The summed E-state index contributed by atoms with van der Waals surface area (Å²) in [5, 5.41) is 10.1. The second kappa shape index (κ2) is 11.7. The van der Waals surface area contributed by atoms with Gasteiger partial charge in [-0.1, -0.05) is 25.6 Å². The minimum atomic E-state index is -0.643. The van der Waals surface area contributed by atoms with Crippen molar-refractivity contribution < 1.29 is 18.6 Å². The predicted octanol–water partition coefficient (Wildman–Crippen LogP) is 5.96. The number of ether oxygens (including phenoxy) is 1. The lowest BCUT2D eigenvalue weighted by Crippen LogP contribution is -2.26. The number of hydrogen-bond acceptors (Lipinski definition) is 4. The van der Waals surface area contributed by atoms with E-state index in [-0.39, 0.29) is 26.0 Å². The summed E-state index contributed by atoms with van der Waals surface area (Å²) in [6.45, 7) is 2.16. The zero-order valence-electron chi connectivity index (χ0n) is 20.1. The van der Waals surface area contributed by atoms with Gasteiger partial charge in [-0.05, 0) is 90.3 Å². The molecule has 0 amide bonds. The SMILES string of the molecule is C.O=c1ccc(C2=C(c3ccc(O[C@H]4CCN(CCCF)C4)cc3)c3ccc(O)cc3CCC2)c(F)[nH]1. The van der Waals surface area contributed by atoms with Crippen molar-refractivity contribution in [1.29, 1.82) is 0 Å². The zero-order valence-corrected chi connectivity index (χ0v) is 20.1. The number of alkyl halides is 1. The number of pyridine rings is 1. The summed E-state index contributed by atoms with van der Waals surface area (Å²) in [5.74, 6) is 0.316. The van der Waals surface area contributed by atoms with Crippen LogP contribution in [0.2, 0.25) is 0 Å². The van der Waals surface area contributed by atoms with Crippen LogP contribution in [0.4, 0.5) is 8.78 Å². The van der Waals surface area contributed by atoms with Crippen LogP contribution in [0, 0.1) is 5.95 Å². The van der Waals surface area contributed by atoms with Crippen LogP contribution in [0.1, 0.15) is 55.4 Å². The normalized spacial score (nSPS) is 17.7. The number of phenolic OH excluding ortho intramolecular Hbond substituents is 1. The van der Waals surface area contributed by atoms with Crippen molar-refractivity contribution in [2.45, 2.75) is 45.6 Å². The molecule has 5 nitrogen and oxygen atoms in total. The van der Waals surface area contributed by atoms with Crippen LogP contribution in [0.25, 0.3) is 11.1 Å². The van der Waals surface area contributed by atoms with Gasteiger partial charge in [-0.3, -0.25) is 19.1 Å². The average molecular weight is 509 g/mol.